The lowest BCUT2D eigenvalue weighted by molar-refractivity contribution is 0.0771. The lowest BCUT2D eigenvalue weighted by atomic mass is 10.2. The van der Waals surface area contributed by atoms with Crippen LogP contribution in [0.4, 0.5) is 0 Å². The molecule has 17 heavy (non-hydrogen) atoms. The summed E-state index contributed by atoms with van der Waals surface area (Å²) >= 11 is 4.15. The molecule has 4 nitrogen and oxygen atoms in total. The molecule has 0 fully saturated rings. The quantitative estimate of drug-likeness (QED) is 0.817. The van der Waals surface area contributed by atoms with Gasteiger partial charge in [-0.3, -0.25) is 4.40 Å². The number of aromatic nitrogens is 2. The second kappa shape index (κ2) is 5.10. The van der Waals surface area contributed by atoms with Gasteiger partial charge in [-0.15, -0.1) is 11.8 Å². The van der Waals surface area contributed by atoms with Crippen LogP contribution in [-0.2, 0) is 10.2 Å². The van der Waals surface area contributed by atoms with Crippen LogP contribution >= 0.6 is 28.0 Å². The number of hydrogen-bond acceptors (Lipinski definition) is 4. The van der Waals surface area contributed by atoms with Gasteiger partial charge in [-0.25, -0.2) is 9.78 Å². The lowest BCUT2D eigenvalue weighted by Gasteiger charge is -2.01. The fourth-order valence-corrected chi connectivity index (χ4v) is 2.45. The molecule has 0 radical (unpaired) electrons. The zero-order chi connectivity index (χ0) is 12.4. The molecular formula is C11H11BrN2O2S. The summed E-state index contributed by atoms with van der Waals surface area (Å²) in [4.78, 5) is 16.2. The molecule has 0 aliphatic heterocycles. The number of halogens is 1. The first-order valence-corrected chi connectivity index (χ1v) is 6.97. The van der Waals surface area contributed by atoms with Crippen LogP contribution in [0, 0.1) is 0 Å². The van der Waals surface area contributed by atoms with Gasteiger partial charge in [-0.2, -0.15) is 0 Å². The highest BCUT2D eigenvalue weighted by Gasteiger charge is 2.20. The number of nitrogens with zero attached hydrogens (tertiary/aromatic N) is 2. The molecule has 0 aliphatic carbocycles. The number of pyridine rings is 1. The van der Waals surface area contributed by atoms with Crippen molar-refractivity contribution in [3.8, 4) is 0 Å². The monoisotopic (exact) mass is 314 g/mol. The second-order valence-electron chi connectivity index (χ2n) is 3.41. The van der Waals surface area contributed by atoms with Crippen molar-refractivity contribution in [2.75, 3.05) is 6.26 Å². The summed E-state index contributed by atoms with van der Waals surface area (Å²) in [6.07, 6.45) is 4.58. The average molecular weight is 315 g/mol. The highest BCUT2D eigenvalue weighted by Crippen LogP contribution is 2.24. The van der Waals surface area contributed by atoms with Crippen LogP contribution in [0.2, 0.25) is 0 Å². The Balaban J connectivity index is 2.76. The Labute approximate surface area is 112 Å². The van der Waals surface area contributed by atoms with E-state index in [0.29, 0.717) is 10.7 Å². The average Bonchev–Trinajstić information content (AvgIpc) is 2.75. The van der Waals surface area contributed by atoms with E-state index in [-0.39, 0.29) is 0 Å². The molecule has 2 heterocycles. The van der Waals surface area contributed by atoms with E-state index < -0.39 is 5.97 Å². The first-order chi connectivity index (χ1) is 8.22. The Bertz CT molecular complexity index is 568. The molecule has 90 valence electrons. The number of carbonyl (C=O) groups is 1. The van der Waals surface area contributed by atoms with Crippen molar-refractivity contribution >= 4 is 39.6 Å². The van der Waals surface area contributed by atoms with Crippen molar-refractivity contribution in [3.05, 3.63) is 29.6 Å². The smallest absolute Gasteiger partial charge is 0.369 e. The van der Waals surface area contributed by atoms with Crippen LogP contribution in [0.1, 0.15) is 23.0 Å². The van der Waals surface area contributed by atoms with Gasteiger partial charge >= 0.3 is 5.97 Å². The Morgan fingerprint density at radius 3 is 3.00 bits per heavy atom. The van der Waals surface area contributed by atoms with E-state index in [1.807, 2.05) is 24.6 Å². The molecule has 0 atom stereocenters. The molecule has 0 unspecified atom stereocenters. The minimum Gasteiger partial charge on any atom is -0.379 e. The van der Waals surface area contributed by atoms with Crippen molar-refractivity contribution in [1.82, 2.24) is 9.38 Å². The number of aryl methyl sites for hydroxylation is 1. The van der Waals surface area contributed by atoms with Crippen LogP contribution in [0.15, 0.2) is 23.4 Å². The van der Waals surface area contributed by atoms with Gasteiger partial charge in [0.2, 0.25) is 0 Å². The molecule has 0 amide bonds. The Hall–Kier alpha value is -1.01. The topological polar surface area (TPSA) is 43.6 Å². The summed E-state index contributed by atoms with van der Waals surface area (Å²) < 4.78 is 6.39. The zero-order valence-corrected chi connectivity index (χ0v) is 11.8. The summed E-state index contributed by atoms with van der Waals surface area (Å²) in [7, 11) is 0. The van der Waals surface area contributed by atoms with Crippen molar-refractivity contribution in [3.63, 3.8) is 0 Å². The number of fused-ring (bicyclic) bond motifs is 1. The Morgan fingerprint density at radius 2 is 2.41 bits per heavy atom. The molecule has 0 bridgehead atoms. The van der Waals surface area contributed by atoms with Crippen molar-refractivity contribution in [2.24, 2.45) is 0 Å². The van der Waals surface area contributed by atoms with Gasteiger partial charge in [0.1, 0.15) is 10.7 Å². The molecule has 0 saturated heterocycles. The van der Waals surface area contributed by atoms with E-state index >= 15 is 0 Å². The minimum absolute atomic E-state index is 0.435. The first-order valence-electron chi connectivity index (χ1n) is 5.09. The van der Waals surface area contributed by atoms with Gasteiger partial charge in [0, 0.05) is 6.20 Å². The van der Waals surface area contributed by atoms with Crippen LogP contribution in [0.25, 0.3) is 5.65 Å². The van der Waals surface area contributed by atoms with Gasteiger partial charge in [0.05, 0.1) is 0 Å². The highest BCUT2D eigenvalue weighted by molar-refractivity contribution is 9.06. The molecule has 0 aromatic carbocycles. The molecule has 6 heteroatoms. The molecule has 2 aromatic heterocycles. The van der Waals surface area contributed by atoms with Crippen molar-refractivity contribution in [1.29, 1.82) is 0 Å². The maximum atomic E-state index is 11.7. The third-order valence-corrected chi connectivity index (χ3v) is 3.50. The summed E-state index contributed by atoms with van der Waals surface area (Å²) in [5.41, 5.74) is 2.38. The van der Waals surface area contributed by atoms with Crippen molar-refractivity contribution in [2.45, 2.75) is 18.4 Å². The SMILES string of the molecule is CCc1cccn2c(C(=O)OBr)c(SC)nc12. The predicted octanol–water partition coefficient (Wildman–Crippen LogP) is 3.09. The number of carbonyl (C=O) groups excluding carboxylic acids is 1. The molecular weight excluding hydrogens is 304 g/mol. The lowest BCUT2D eigenvalue weighted by Crippen LogP contribution is -2.04. The van der Waals surface area contributed by atoms with Gasteiger partial charge < -0.3 is 3.83 Å². The van der Waals surface area contributed by atoms with E-state index in [1.165, 1.54) is 11.8 Å². The van der Waals surface area contributed by atoms with Gasteiger partial charge in [0.15, 0.2) is 22.0 Å². The predicted molar refractivity (Wildman–Crippen MR) is 70.7 cm³/mol. The normalized spacial score (nSPS) is 10.8. The van der Waals surface area contributed by atoms with E-state index in [4.69, 9.17) is 0 Å². The second-order valence-corrected chi connectivity index (χ2v) is 4.53. The minimum atomic E-state index is -0.435. The van der Waals surface area contributed by atoms with E-state index in [1.54, 1.807) is 4.40 Å². The molecule has 0 N–H and O–H groups in total. The Morgan fingerprint density at radius 1 is 1.65 bits per heavy atom. The summed E-state index contributed by atoms with van der Waals surface area (Å²) in [6, 6.07) is 3.91. The fourth-order valence-electron chi connectivity index (χ4n) is 1.74. The molecule has 0 aliphatic rings. The Kier molecular flexibility index (Phi) is 3.73. The first kappa shape index (κ1) is 12.4. The standard InChI is InChI=1S/C11H11BrN2O2S/c1-3-7-5-4-6-14-8(11(15)16-12)10(17-2)13-9(7)14/h4-6H,3H2,1-2H3. The maximum Gasteiger partial charge on any atom is 0.369 e. The van der Waals surface area contributed by atoms with Crippen LogP contribution in [0.3, 0.4) is 0 Å². The zero-order valence-electron chi connectivity index (χ0n) is 9.44. The van der Waals surface area contributed by atoms with Gasteiger partial charge in [-0.1, -0.05) is 13.0 Å². The third kappa shape index (κ3) is 2.07. The van der Waals surface area contributed by atoms with Gasteiger partial charge in [-0.05, 0) is 24.3 Å². The number of imidazole rings is 1. The van der Waals surface area contributed by atoms with E-state index in [0.717, 1.165) is 17.6 Å². The summed E-state index contributed by atoms with van der Waals surface area (Å²) in [5.74, 6) is -0.435. The van der Waals surface area contributed by atoms with E-state index in [2.05, 4.69) is 32.0 Å². The van der Waals surface area contributed by atoms with E-state index in [9.17, 15) is 4.79 Å². The fraction of sp³-hybridized carbons (Fsp3) is 0.273. The number of hydrogen-bond donors (Lipinski definition) is 0. The highest BCUT2D eigenvalue weighted by atomic mass is 79.9. The molecule has 0 saturated carbocycles. The maximum absolute atomic E-state index is 11.7. The van der Waals surface area contributed by atoms with Crippen LogP contribution in [-0.4, -0.2) is 21.6 Å². The largest absolute Gasteiger partial charge is 0.379 e. The number of thioether (sulfide) groups is 1. The number of rotatable bonds is 3. The molecule has 2 rings (SSSR count). The summed E-state index contributed by atoms with van der Waals surface area (Å²) in [5, 5.41) is 0.676. The molecule has 0 spiro atoms. The van der Waals surface area contributed by atoms with Crippen LogP contribution in [0.5, 0.6) is 0 Å². The molecule has 2 aromatic rings. The third-order valence-electron chi connectivity index (χ3n) is 2.54. The van der Waals surface area contributed by atoms with Crippen molar-refractivity contribution < 1.29 is 8.62 Å². The van der Waals surface area contributed by atoms with Crippen LogP contribution < -0.4 is 0 Å². The summed E-state index contributed by atoms with van der Waals surface area (Å²) in [6.45, 7) is 2.06. The van der Waals surface area contributed by atoms with Gasteiger partial charge in [0.25, 0.3) is 0 Å².